The largest absolute Gasteiger partial charge is 0.507 e. The number of amides is 7. The molecule has 0 aliphatic rings. The molecule has 0 aliphatic heterocycles. The van der Waals surface area contributed by atoms with E-state index in [0.29, 0.717) is 12.8 Å². The van der Waals surface area contributed by atoms with Crippen LogP contribution in [-0.2, 0) is 19.2 Å². The van der Waals surface area contributed by atoms with Crippen LogP contribution in [0.25, 0.3) is 0 Å². The predicted octanol–water partition coefficient (Wildman–Crippen LogP) is 2.46. The minimum absolute atomic E-state index is 0.0161. The minimum atomic E-state index is -1.33. The monoisotopic (exact) mass is 1020 g/mol. The van der Waals surface area contributed by atoms with Crippen molar-refractivity contribution in [2.24, 2.45) is 17.2 Å². The van der Waals surface area contributed by atoms with E-state index in [9.17, 15) is 53.7 Å². The van der Waals surface area contributed by atoms with Gasteiger partial charge in [0, 0.05) is 12.8 Å². The molecule has 73 heavy (non-hydrogen) atoms. The Morgan fingerprint density at radius 2 is 0.986 bits per heavy atom. The van der Waals surface area contributed by atoms with Gasteiger partial charge in [0.2, 0.25) is 23.6 Å². The summed E-state index contributed by atoms with van der Waals surface area (Å²) >= 11 is 0. The second-order valence-electron chi connectivity index (χ2n) is 15.7. The Bertz CT molecular complexity index is 2730. The Balaban J connectivity index is 1.46. The zero-order valence-corrected chi connectivity index (χ0v) is 40.6. The van der Waals surface area contributed by atoms with Gasteiger partial charge in [0.15, 0.2) is 28.8 Å². The number of carbonyl (C=O) groups is 8. The second-order valence-corrected chi connectivity index (χ2v) is 15.7. The lowest BCUT2D eigenvalue weighted by Gasteiger charge is -2.22. The highest BCUT2D eigenvalue weighted by molar-refractivity contribution is 6.09. The van der Waals surface area contributed by atoms with E-state index >= 15 is 0 Å². The quantitative estimate of drug-likeness (QED) is 0.0232. The van der Waals surface area contributed by atoms with Gasteiger partial charge in [-0.3, -0.25) is 38.4 Å². The van der Waals surface area contributed by atoms with Gasteiger partial charge in [-0.2, -0.15) is 0 Å². The van der Waals surface area contributed by atoms with E-state index in [4.69, 9.17) is 40.9 Å². The first kappa shape index (κ1) is 56.7. The molecular formula is C48H59N9O16. The molecule has 392 valence electrons. The average Bonchev–Trinajstić information content (AvgIpc) is 3.37. The number of anilines is 4. The summed E-state index contributed by atoms with van der Waals surface area (Å²) in [7, 11) is 6.16. The summed E-state index contributed by atoms with van der Waals surface area (Å²) in [4.78, 5) is 105. The molecule has 25 heteroatoms. The van der Waals surface area contributed by atoms with Crippen LogP contribution in [0.3, 0.4) is 0 Å². The van der Waals surface area contributed by atoms with Crippen LogP contribution < -0.4 is 72.8 Å². The summed E-state index contributed by atoms with van der Waals surface area (Å²) in [6.45, 7) is -0.745. The highest BCUT2D eigenvalue weighted by Gasteiger charge is 2.30. The third-order valence-corrected chi connectivity index (χ3v) is 10.8. The lowest BCUT2D eigenvalue weighted by molar-refractivity contribution is -0.118. The van der Waals surface area contributed by atoms with Gasteiger partial charge in [0.05, 0.1) is 71.4 Å². The Morgan fingerprint density at radius 3 is 1.51 bits per heavy atom. The van der Waals surface area contributed by atoms with Crippen LogP contribution in [0.2, 0.25) is 0 Å². The van der Waals surface area contributed by atoms with E-state index in [2.05, 4.69) is 31.9 Å². The van der Waals surface area contributed by atoms with Crippen molar-refractivity contribution >= 4 is 69.9 Å². The third-order valence-electron chi connectivity index (χ3n) is 10.8. The Morgan fingerprint density at radius 1 is 0.521 bits per heavy atom. The number of benzene rings is 4. The zero-order valence-electron chi connectivity index (χ0n) is 40.6. The number of aromatic hydroxyl groups is 3. The molecule has 0 saturated carbocycles. The molecule has 4 rings (SSSR count). The predicted molar refractivity (Wildman–Crippen MR) is 265 cm³/mol. The number of carbonyl (C=O) groups excluding carboxylic acids is 8. The molecule has 0 fully saturated rings. The summed E-state index contributed by atoms with van der Waals surface area (Å²) in [5, 5.41) is 47.3. The number of primary amides is 1. The molecule has 0 unspecified atom stereocenters. The number of hydrogen-bond acceptors (Lipinski definition) is 18. The standard InChI is InChI=1S/C48H59N9O16/c1-69-33-20-16-26(44(73-5)40(33)45(51)65)55-36(64)23-52-47(67)38-31(60)19-15-27(43(38)72-4)56-46(66)28(10-8-9-21-49)57-48(68)39-32(61)18-14-25(42(39)71-3)53-34(62)12-7-6-11-29(58)37-30(59)17-13-24(41(37)70-2)54-35(63)22-50/h13-20,28,59-61H,6-12,21-23,49-50H2,1-5H3,(H2,51,65)(H,52,67)(H,53,62)(H,54,63)(H,55,64)(H,56,66)(H,57,68)/t28-/m1/s1. The van der Waals surface area contributed by atoms with Crippen molar-refractivity contribution in [1.82, 2.24) is 10.6 Å². The summed E-state index contributed by atoms with van der Waals surface area (Å²) in [5.41, 5.74) is 15.4. The fourth-order valence-corrected chi connectivity index (χ4v) is 7.40. The lowest BCUT2D eigenvalue weighted by atomic mass is 10.0. The van der Waals surface area contributed by atoms with Gasteiger partial charge in [-0.1, -0.05) is 0 Å². The van der Waals surface area contributed by atoms with Crippen molar-refractivity contribution in [2.75, 3.05) is 76.5 Å². The number of ether oxygens (including phenoxy) is 5. The molecule has 0 aromatic heterocycles. The molecule has 15 N–H and O–H groups in total. The van der Waals surface area contributed by atoms with Gasteiger partial charge in [-0.25, -0.2) is 0 Å². The molecule has 0 saturated heterocycles. The van der Waals surface area contributed by atoms with Gasteiger partial charge in [-0.15, -0.1) is 0 Å². The molecular weight excluding hydrogens is 959 g/mol. The van der Waals surface area contributed by atoms with Crippen molar-refractivity contribution in [3.8, 4) is 46.0 Å². The van der Waals surface area contributed by atoms with Crippen LogP contribution in [0, 0.1) is 0 Å². The maximum Gasteiger partial charge on any atom is 0.259 e. The number of nitrogens with one attached hydrogen (secondary N) is 6. The number of unbranched alkanes of at least 4 members (excludes halogenated alkanes) is 2. The molecule has 1 atom stereocenters. The smallest absolute Gasteiger partial charge is 0.259 e. The van der Waals surface area contributed by atoms with E-state index in [0.717, 1.165) is 19.2 Å². The van der Waals surface area contributed by atoms with Gasteiger partial charge in [0.1, 0.15) is 51.3 Å². The number of nitrogens with two attached hydrogens (primary N) is 3. The van der Waals surface area contributed by atoms with E-state index in [-0.39, 0.29) is 114 Å². The summed E-state index contributed by atoms with van der Waals surface area (Å²) in [6.07, 6.45) is 0.954. The Hall–Kier alpha value is -8.84. The zero-order chi connectivity index (χ0) is 53.9. The van der Waals surface area contributed by atoms with Crippen LogP contribution in [0.15, 0.2) is 48.5 Å². The van der Waals surface area contributed by atoms with Gasteiger partial charge in [0.25, 0.3) is 17.7 Å². The second kappa shape index (κ2) is 26.9. The number of methoxy groups -OCH3 is 5. The van der Waals surface area contributed by atoms with Gasteiger partial charge >= 0.3 is 0 Å². The van der Waals surface area contributed by atoms with Crippen molar-refractivity contribution in [2.45, 2.75) is 51.0 Å². The number of hydrogen-bond donors (Lipinski definition) is 12. The Kier molecular flexibility index (Phi) is 20.9. The first-order valence-corrected chi connectivity index (χ1v) is 22.4. The topological polar surface area (TPSA) is 394 Å². The van der Waals surface area contributed by atoms with Crippen molar-refractivity contribution in [3.63, 3.8) is 0 Å². The minimum Gasteiger partial charge on any atom is -0.507 e. The molecule has 0 aliphatic carbocycles. The number of Topliss-reactive ketones (excluding diaryl/α,β-unsaturated/α-hetero) is 1. The van der Waals surface area contributed by atoms with Crippen molar-refractivity contribution < 1.29 is 77.4 Å². The molecule has 7 amide bonds. The fourth-order valence-electron chi connectivity index (χ4n) is 7.40. The van der Waals surface area contributed by atoms with Crippen molar-refractivity contribution in [1.29, 1.82) is 0 Å². The summed E-state index contributed by atoms with van der Waals surface area (Å²) in [5.74, 6) is -8.30. The number of phenolic OH excluding ortho intramolecular Hbond substituents is 3. The maximum absolute atomic E-state index is 14.0. The van der Waals surface area contributed by atoms with Crippen LogP contribution in [-0.4, -0.2) is 124 Å². The summed E-state index contributed by atoms with van der Waals surface area (Å²) < 4.78 is 26.7. The molecule has 0 spiro atoms. The molecule has 0 bridgehead atoms. The first-order chi connectivity index (χ1) is 34.9. The maximum atomic E-state index is 14.0. The van der Waals surface area contributed by atoms with Crippen LogP contribution in [0.5, 0.6) is 46.0 Å². The molecule has 4 aromatic rings. The lowest BCUT2D eigenvalue weighted by Crippen LogP contribution is -2.44. The summed E-state index contributed by atoms with van der Waals surface area (Å²) in [6, 6.07) is 8.75. The number of rotatable bonds is 27. The number of phenols is 3. The van der Waals surface area contributed by atoms with Crippen LogP contribution >= 0.6 is 0 Å². The van der Waals surface area contributed by atoms with Crippen LogP contribution in [0.1, 0.15) is 86.4 Å². The molecule has 4 aromatic carbocycles. The SMILES string of the molecule is COc1ccc(NC(=O)CNC(=O)c2c(O)ccc(NC(=O)[C@@H](CCCCN)NC(=O)c3c(O)ccc(NC(=O)CCCCC(=O)c4c(O)ccc(NC(=O)CN)c4OC)c3OC)c2OC)c(OC)c1C(N)=O. The van der Waals surface area contributed by atoms with E-state index < -0.39 is 82.3 Å². The first-order valence-electron chi connectivity index (χ1n) is 22.4. The van der Waals surface area contributed by atoms with Crippen LogP contribution in [0.4, 0.5) is 22.7 Å². The normalized spacial score (nSPS) is 11.0. The van der Waals surface area contributed by atoms with Gasteiger partial charge < -0.3 is 88.1 Å². The Labute approximate surface area is 418 Å². The number of ketones is 1. The molecule has 0 radical (unpaired) electrons. The highest BCUT2D eigenvalue weighted by Crippen LogP contribution is 2.39. The van der Waals surface area contributed by atoms with Gasteiger partial charge in [-0.05, 0) is 87.2 Å². The third kappa shape index (κ3) is 14.4. The highest BCUT2D eigenvalue weighted by atomic mass is 16.5. The van der Waals surface area contributed by atoms with E-state index in [1.165, 1.54) is 64.8 Å². The fraction of sp³-hybridized carbons (Fsp3) is 0.333. The van der Waals surface area contributed by atoms with E-state index in [1.54, 1.807) is 0 Å². The molecule has 25 nitrogen and oxygen atoms in total. The van der Waals surface area contributed by atoms with E-state index in [1.807, 2.05) is 0 Å². The molecule has 0 heterocycles. The average molecular weight is 1020 g/mol. The van der Waals surface area contributed by atoms with Crippen molar-refractivity contribution in [3.05, 3.63) is 70.8 Å².